The van der Waals surface area contributed by atoms with Gasteiger partial charge in [-0.25, -0.2) is 4.39 Å². The second-order valence-electron chi connectivity index (χ2n) is 5.66. The van der Waals surface area contributed by atoms with Gasteiger partial charge in [-0.3, -0.25) is 20.4 Å². The van der Waals surface area contributed by atoms with E-state index in [1.54, 1.807) is 30.0 Å². The third-order valence-electron chi connectivity index (χ3n) is 3.61. The van der Waals surface area contributed by atoms with Gasteiger partial charge in [-0.05, 0) is 49.2 Å². The highest BCUT2D eigenvalue weighted by atomic mass is 32.2. The fraction of sp³-hybridized carbons (Fsp3) is 0.263. The van der Waals surface area contributed by atoms with Crippen molar-refractivity contribution in [3.05, 3.63) is 59.4 Å². The van der Waals surface area contributed by atoms with E-state index >= 15 is 0 Å². The van der Waals surface area contributed by atoms with E-state index in [0.29, 0.717) is 17.1 Å². The number of hydrogen-bond donors (Lipinski definition) is 2. The van der Waals surface area contributed by atoms with E-state index in [0.717, 1.165) is 16.7 Å². The van der Waals surface area contributed by atoms with Crippen molar-refractivity contribution in [1.29, 1.82) is 0 Å². The fourth-order valence-electron chi connectivity index (χ4n) is 2.01. The average molecular weight is 393 g/mol. The van der Waals surface area contributed by atoms with Crippen LogP contribution in [-0.2, 0) is 9.59 Å². The van der Waals surface area contributed by atoms with Crippen molar-refractivity contribution >= 4 is 35.3 Å². The lowest BCUT2D eigenvalue weighted by atomic mass is 10.1. The third-order valence-corrected chi connectivity index (χ3v) is 5.66. The average Bonchev–Trinajstić information content (AvgIpc) is 2.62. The molecule has 0 saturated heterocycles. The Bertz CT molecular complexity index is 784. The molecular weight excluding hydrogens is 371 g/mol. The summed E-state index contributed by atoms with van der Waals surface area (Å²) in [5.41, 5.74) is 7.19. The summed E-state index contributed by atoms with van der Waals surface area (Å²) < 4.78 is 13.5. The van der Waals surface area contributed by atoms with Crippen LogP contribution in [-0.4, -0.2) is 23.3 Å². The van der Waals surface area contributed by atoms with Crippen LogP contribution in [0.15, 0.2) is 52.3 Å². The zero-order valence-electron chi connectivity index (χ0n) is 14.7. The van der Waals surface area contributed by atoms with Crippen molar-refractivity contribution in [3.8, 4) is 0 Å². The van der Waals surface area contributed by atoms with Gasteiger partial charge in [0.05, 0.1) is 5.75 Å². The number of carbonyl (C=O) groups excluding carboxylic acids is 2. The first kappa shape index (κ1) is 20.3. The molecule has 7 heteroatoms. The number of nitrogens with one attached hydrogen (secondary N) is 2. The molecule has 0 heterocycles. The smallest absolute Gasteiger partial charge is 0.248 e. The lowest BCUT2D eigenvalue weighted by molar-refractivity contribution is -0.127. The summed E-state index contributed by atoms with van der Waals surface area (Å²) in [6, 6.07) is 12.4. The molecule has 2 amide bonds. The first-order valence-corrected chi connectivity index (χ1v) is 10.1. The number of rotatable bonds is 7. The van der Waals surface area contributed by atoms with Crippen LogP contribution in [0, 0.1) is 19.7 Å². The molecule has 138 valence electrons. The number of amides is 2. The molecule has 0 bridgehead atoms. The number of benzene rings is 2. The van der Waals surface area contributed by atoms with Gasteiger partial charge in [0.1, 0.15) is 5.82 Å². The van der Waals surface area contributed by atoms with E-state index in [-0.39, 0.29) is 23.4 Å². The SMILES string of the molecule is Cc1ccc(SCCC(=O)NNC(=O)CSc2ccccc2F)cc1C. The Morgan fingerprint density at radius 1 is 0.962 bits per heavy atom. The van der Waals surface area contributed by atoms with E-state index in [1.165, 1.54) is 17.2 Å². The van der Waals surface area contributed by atoms with Gasteiger partial charge in [0, 0.05) is 22.0 Å². The van der Waals surface area contributed by atoms with Crippen LogP contribution in [0.2, 0.25) is 0 Å². The molecule has 0 atom stereocenters. The Kier molecular flexibility index (Phi) is 8.00. The molecule has 2 rings (SSSR count). The monoisotopic (exact) mass is 392 g/mol. The second kappa shape index (κ2) is 10.2. The maximum atomic E-state index is 13.5. The molecule has 0 spiro atoms. The summed E-state index contributed by atoms with van der Waals surface area (Å²) in [6.07, 6.45) is 0.290. The summed E-state index contributed by atoms with van der Waals surface area (Å²) in [6.45, 7) is 4.12. The van der Waals surface area contributed by atoms with Crippen molar-refractivity contribution in [3.63, 3.8) is 0 Å². The summed E-state index contributed by atoms with van der Waals surface area (Å²) in [5.74, 6) is -0.357. The zero-order valence-corrected chi connectivity index (χ0v) is 16.3. The van der Waals surface area contributed by atoms with Crippen molar-refractivity contribution in [2.24, 2.45) is 0 Å². The molecule has 26 heavy (non-hydrogen) atoms. The lowest BCUT2D eigenvalue weighted by Crippen LogP contribution is -2.42. The number of aryl methyl sites for hydroxylation is 2. The fourth-order valence-corrected chi connectivity index (χ4v) is 3.70. The summed E-state index contributed by atoms with van der Waals surface area (Å²) in [4.78, 5) is 25.0. The van der Waals surface area contributed by atoms with E-state index in [2.05, 4.69) is 36.8 Å². The van der Waals surface area contributed by atoms with Gasteiger partial charge >= 0.3 is 0 Å². The number of hydrogen-bond acceptors (Lipinski definition) is 4. The molecule has 0 unspecified atom stereocenters. The predicted octanol–water partition coefficient (Wildman–Crippen LogP) is 3.86. The van der Waals surface area contributed by atoms with Gasteiger partial charge in [0.15, 0.2) is 0 Å². The largest absolute Gasteiger partial charge is 0.273 e. The number of thioether (sulfide) groups is 2. The van der Waals surface area contributed by atoms with E-state index in [4.69, 9.17) is 0 Å². The molecule has 0 aliphatic heterocycles. The minimum Gasteiger partial charge on any atom is -0.273 e. The number of carbonyl (C=O) groups is 2. The zero-order chi connectivity index (χ0) is 18.9. The maximum absolute atomic E-state index is 13.5. The maximum Gasteiger partial charge on any atom is 0.248 e. The van der Waals surface area contributed by atoms with Crippen LogP contribution in [0.3, 0.4) is 0 Å². The Hall–Kier alpha value is -1.99. The summed E-state index contributed by atoms with van der Waals surface area (Å²) in [5, 5.41) is 0. The van der Waals surface area contributed by atoms with Crippen molar-refractivity contribution in [2.45, 2.75) is 30.1 Å². The van der Waals surface area contributed by atoms with Gasteiger partial charge in [0.25, 0.3) is 0 Å². The minimum absolute atomic E-state index is 0.0264. The van der Waals surface area contributed by atoms with Crippen LogP contribution in [0.25, 0.3) is 0 Å². The molecule has 2 N–H and O–H groups in total. The van der Waals surface area contributed by atoms with E-state index < -0.39 is 0 Å². The molecule has 0 aliphatic carbocycles. The van der Waals surface area contributed by atoms with Crippen LogP contribution in [0.4, 0.5) is 4.39 Å². The van der Waals surface area contributed by atoms with Crippen LogP contribution >= 0.6 is 23.5 Å². The number of hydrazine groups is 1. The highest BCUT2D eigenvalue weighted by Crippen LogP contribution is 2.22. The van der Waals surface area contributed by atoms with Gasteiger partial charge in [-0.2, -0.15) is 0 Å². The molecule has 2 aromatic carbocycles. The molecule has 2 aromatic rings. The van der Waals surface area contributed by atoms with Crippen LogP contribution in [0.5, 0.6) is 0 Å². The Morgan fingerprint density at radius 3 is 2.42 bits per heavy atom. The van der Waals surface area contributed by atoms with Crippen molar-refractivity contribution in [1.82, 2.24) is 10.9 Å². The predicted molar refractivity (Wildman–Crippen MR) is 105 cm³/mol. The Balaban J connectivity index is 1.64. The highest BCUT2D eigenvalue weighted by molar-refractivity contribution is 8.00. The standard InChI is InChI=1S/C19H21FN2O2S2/c1-13-7-8-15(11-14(13)2)25-10-9-18(23)21-22-19(24)12-26-17-6-4-3-5-16(17)20/h3-8,11H,9-10,12H2,1-2H3,(H,21,23)(H,22,24). The van der Waals surface area contributed by atoms with Crippen LogP contribution < -0.4 is 10.9 Å². The molecule has 4 nitrogen and oxygen atoms in total. The molecule has 0 aromatic heterocycles. The normalized spacial score (nSPS) is 10.4. The Morgan fingerprint density at radius 2 is 1.69 bits per heavy atom. The van der Waals surface area contributed by atoms with Crippen molar-refractivity contribution < 1.29 is 14.0 Å². The first-order chi connectivity index (χ1) is 12.5. The van der Waals surface area contributed by atoms with Gasteiger partial charge < -0.3 is 0 Å². The highest BCUT2D eigenvalue weighted by Gasteiger charge is 2.08. The van der Waals surface area contributed by atoms with Gasteiger partial charge in [-0.1, -0.05) is 18.2 Å². The molecule has 0 saturated carbocycles. The summed E-state index contributed by atoms with van der Waals surface area (Å²) >= 11 is 2.68. The quantitative estimate of drug-likeness (QED) is 0.555. The topological polar surface area (TPSA) is 58.2 Å². The molecular formula is C19H21FN2O2S2. The minimum atomic E-state index is -0.381. The first-order valence-electron chi connectivity index (χ1n) is 8.11. The third kappa shape index (κ3) is 6.72. The molecule has 0 aliphatic rings. The number of halogens is 1. The van der Waals surface area contributed by atoms with E-state index in [9.17, 15) is 14.0 Å². The van der Waals surface area contributed by atoms with E-state index in [1.807, 2.05) is 6.07 Å². The second-order valence-corrected chi connectivity index (χ2v) is 7.85. The van der Waals surface area contributed by atoms with Gasteiger partial charge in [0.2, 0.25) is 11.8 Å². The molecule has 0 radical (unpaired) electrons. The Labute approximate surface area is 161 Å². The van der Waals surface area contributed by atoms with Gasteiger partial charge in [-0.15, -0.1) is 23.5 Å². The van der Waals surface area contributed by atoms with Crippen molar-refractivity contribution in [2.75, 3.05) is 11.5 Å². The van der Waals surface area contributed by atoms with Crippen LogP contribution in [0.1, 0.15) is 17.5 Å². The summed E-state index contributed by atoms with van der Waals surface area (Å²) in [7, 11) is 0. The molecule has 0 fully saturated rings. The lowest BCUT2D eigenvalue weighted by Gasteiger charge is -2.08.